The summed E-state index contributed by atoms with van der Waals surface area (Å²) in [5, 5.41) is 2.03. The Kier molecular flexibility index (Phi) is 3.06. The van der Waals surface area contributed by atoms with Gasteiger partial charge in [-0.1, -0.05) is 47.5 Å². The molecule has 1 N–H and O–H groups in total. The number of halogens is 3. The van der Waals surface area contributed by atoms with Gasteiger partial charge in [0.25, 0.3) is 0 Å². The second-order valence-electron chi connectivity index (χ2n) is 4.34. The molecule has 0 amide bonds. The van der Waals surface area contributed by atoms with Gasteiger partial charge in [-0.25, -0.2) is 9.82 Å². The molecular weight excluding hydrogens is 274 g/mol. The third-order valence-corrected chi connectivity index (χ3v) is 3.92. The topological polar surface area (TPSA) is 15.3 Å². The average Bonchev–Trinajstić information content (AvgIpc) is 2.68. The van der Waals surface area contributed by atoms with Crippen LogP contribution in [0.3, 0.4) is 0 Å². The van der Waals surface area contributed by atoms with E-state index in [-0.39, 0.29) is 23.3 Å². The van der Waals surface area contributed by atoms with Crippen molar-refractivity contribution in [2.45, 2.75) is 11.5 Å². The second-order valence-corrected chi connectivity index (χ2v) is 5.22. The molecule has 3 unspecified atom stereocenters. The van der Waals surface area contributed by atoms with Crippen molar-refractivity contribution in [3.63, 3.8) is 0 Å². The van der Waals surface area contributed by atoms with Gasteiger partial charge < -0.3 is 0 Å². The summed E-state index contributed by atoms with van der Waals surface area (Å²) < 4.78 is 13.9. The Balaban J connectivity index is 1.93. The standard InChI is InChI=1S/C13H11Cl2FN2/c14-8-5-6-12(10(16)7-8)18-13(15)9-3-1-2-4-11(9)17-18/h1-7,9,11,13,17H. The summed E-state index contributed by atoms with van der Waals surface area (Å²) in [7, 11) is 0. The van der Waals surface area contributed by atoms with Crippen LogP contribution < -0.4 is 10.4 Å². The van der Waals surface area contributed by atoms with Crippen LogP contribution in [-0.2, 0) is 0 Å². The van der Waals surface area contributed by atoms with Crippen LogP contribution in [0.25, 0.3) is 0 Å². The minimum atomic E-state index is -0.382. The maximum Gasteiger partial charge on any atom is 0.149 e. The van der Waals surface area contributed by atoms with Crippen LogP contribution in [0.1, 0.15) is 0 Å². The molecule has 3 rings (SSSR count). The highest BCUT2D eigenvalue weighted by molar-refractivity contribution is 6.30. The van der Waals surface area contributed by atoms with Crippen molar-refractivity contribution in [2.75, 3.05) is 5.01 Å². The molecule has 1 aromatic carbocycles. The fourth-order valence-corrected chi connectivity index (χ4v) is 2.86. The number of fused-ring (bicyclic) bond motifs is 1. The van der Waals surface area contributed by atoms with E-state index in [4.69, 9.17) is 23.2 Å². The molecule has 2 nitrogen and oxygen atoms in total. The van der Waals surface area contributed by atoms with Gasteiger partial charge in [0, 0.05) is 10.9 Å². The number of nitrogens with zero attached hydrogens (tertiary/aromatic N) is 1. The number of anilines is 1. The van der Waals surface area contributed by atoms with Crippen molar-refractivity contribution in [3.8, 4) is 0 Å². The quantitative estimate of drug-likeness (QED) is 0.627. The molecule has 1 heterocycles. The Morgan fingerprint density at radius 3 is 2.72 bits per heavy atom. The summed E-state index contributed by atoms with van der Waals surface area (Å²) in [6, 6.07) is 4.67. The number of rotatable bonds is 1. The van der Waals surface area contributed by atoms with Gasteiger partial charge >= 0.3 is 0 Å². The molecule has 18 heavy (non-hydrogen) atoms. The summed E-state index contributed by atoms with van der Waals surface area (Å²) >= 11 is 12.1. The van der Waals surface area contributed by atoms with Crippen molar-refractivity contribution in [1.82, 2.24) is 5.43 Å². The number of hydrogen-bond donors (Lipinski definition) is 1. The molecule has 2 aliphatic rings. The number of benzene rings is 1. The molecule has 94 valence electrons. The maximum atomic E-state index is 13.9. The highest BCUT2D eigenvalue weighted by Gasteiger charge is 2.39. The molecule has 1 aliphatic carbocycles. The number of nitrogens with one attached hydrogen (secondary N) is 1. The Morgan fingerprint density at radius 2 is 2.00 bits per heavy atom. The Hall–Kier alpha value is -1.03. The zero-order valence-corrected chi connectivity index (χ0v) is 10.9. The van der Waals surface area contributed by atoms with Crippen LogP contribution in [0.15, 0.2) is 42.5 Å². The molecule has 1 saturated heterocycles. The number of allylic oxidation sites excluding steroid dienone is 2. The van der Waals surface area contributed by atoms with Crippen LogP contribution in [0, 0.1) is 11.7 Å². The first-order valence-corrected chi connectivity index (χ1v) is 6.48. The van der Waals surface area contributed by atoms with Gasteiger partial charge in [-0.05, 0) is 18.2 Å². The Morgan fingerprint density at radius 1 is 1.22 bits per heavy atom. The smallest absolute Gasteiger partial charge is 0.149 e. The summed E-state index contributed by atoms with van der Waals surface area (Å²) in [6.07, 6.45) is 7.97. The van der Waals surface area contributed by atoms with Gasteiger partial charge in [0.2, 0.25) is 0 Å². The molecule has 0 spiro atoms. The van der Waals surface area contributed by atoms with Gasteiger partial charge in [-0.2, -0.15) is 0 Å². The number of hydrazine groups is 1. The van der Waals surface area contributed by atoms with E-state index in [1.165, 1.54) is 6.07 Å². The lowest BCUT2D eigenvalue weighted by atomic mass is 9.97. The summed E-state index contributed by atoms with van der Waals surface area (Å²) in [6.45, 7) is 0. The summed E-state index contributed by atoms with van der Waals surface area (Å²) in [5.41, 5.74) is 3.29. The van der Waals surface area contributed by atoms with Gasteiger partial charge in [-0.15, -0.1) is 0 Å². The first-order chi connectivity index (χ1) is 8.66. The van der Waals surface area contributed by atoms with Crippen molar-refractivity contribution in [2.24, 2.45) is 5.92 Å². The van der Waals surface area contributed by atoms with E-state index in [1.807, 2.05) is 24.3 Å². The fraction of sp³-hybridized carbons (Fsp3) is 0.231. The zero-order valence-electron chi connectivity index (χ0n) is 9.35. The van der Waals surface area contributed by atoms with Gasteiger partial charge in [-0.3, -0.25) is 5.01 Å². The van der Waals surface area contributed by atoms with Crippen molar-refractivity contribution in [3.05, 3.63) is 53.3 Å². The van der Waals surface area contributed by atoms with Crippen LogP contribution in [0.2, 0.25) is 5.02 Å². The van der Waals surface area contributed by atoms with Crippen molar-refractivity contribution >= 4 is 28.9 Å². The highest BCUT2D eigenvalue weighted by atomic mass is 35.5. The first-order valence-electron chi connectivity index (χ1n) is 5.66. The lowest BCUT2D eigenvalue weighted by molar-refractivity contribution is 0.602. The van der Waals surface area contributed by atoms with E-state index in [0.717, 1.165) is 0 Å². The van der Waals surface area contributed by atoms with Crippen LogP contribution in [0.5, 0.6) is 0 Å². The SMILES string of the molecule is Fc1cc(Cl)ccc1N1NC2C=CC=CC2C1Cl. The van der Waals surface area contributed by atoms with E-state index >= 15 is 0 Å². The number of hydrogen-bond acceptors (Lipinski definition) is 2. The highest BCUT2D eigenvalue weighted by Crippen LogP contribution is 2.34. The van der Waals surface area contributed by atoms with E-state index in [9.17, 15) is 4.39 Å². The van der Waals surface area contributed by atoms with E-state index in [1.54, 1.807) is 17.1 Å². The Bertz CT molecular complexity index is 530. The first kappa shape index (κ1) is 12.0. The maximum absolute atomic E-state index is 13.9. The Labute approximate surface area is 115 Å². The fourth-order valence-electron chi connectivity index (χ4n) is 2.30. The van der Waals surface area contributed by atoms with Crippen molar-refractivity contribution < 1.29 is 4.39 Å². The van der Waals surface area contributed by atoms with E-state index in [0.29, 0.717) is 10.7 Å². The number of alkyl halides is 1. The molecule has 3 atom stereocenters. The third kappa shape index (κ3) is 1.92. The monoisotopic (exact) mass is 284 g/mol. The largest absolute Gasteiger partial charge is 0.286 e. The predicted molar refractivity (Wildman–Crippen MR) is 72.2 cm³/mol. The molecule has 1 fully saturated rings. The average molecular weight is 285 g/mol. The van der Waals surface area contributed by atoms with Crippen LogP contribution in [0.4, 0.5) is 10.1 Å². The normalized spacial score (nSPS) is 29.7. The molecule has 1 aliphatic heterocycles. The predicted octanol–water partition coefficient (Wildman–Crippen LogP) is 3.48. The zero-order chi connectivity index (χ0) is 12.7. The van der Waals surface area contributed by atoms with Gasteiger partial charge in [0.1, 0.15) is 11.3 Å². The molecule has 0 aromatic heterocycles. The van der Waals surface area contributed by atoms with E-state index in [2.05, 4.69) is 5.43 Å². The van der Waals surface area contributed by atoms with Crippen LogP contribution >= 0.6 is 23.2 Å². The van der Waals surface area contributed by atoms with Gasteiger partial charge in [0.15, 0.2) is 0 Å². The molecule has 0 radical (unpaired) electrons. The van der Waals surface area contributed by atoms with Gasteiger partial charge in [0.05, 0.1) is 11.7 Å². The third-order valence-electron chi connectivity index (χ3n) is 3.20. The molecule has 1 aromatic rings. The molecule has 0 bridgehead atoms. The lowest BCUT2D eigenvalue weighted by Gasteiger charge is -2.23. The second kappa shape index (κ2) is 4.57. The minimum absolute atomic E-state index is 0.104. The summed E-state index contributed by atoms with van der Waals surface area (Å²) in [5.74, 6) is -0.251. The van der Waals surface area contributed by atoms with E-state index < -0.39 is 0 Å². The van der Waals surface area contributed by atoms with Crippen molar-refractivity contribution in [1.29, 1.82) is 0 Å². The summed E-state index contributed by atoms with van der Waals surface area (Å²) in [4.78, 5) is 0. The molecule has 5 heteroatoms. The molecule has 0 saturated carbocycles. The molecular formula is C13H11Cl2FN2. The van der Waals surface area contributed by atoms with Crippen LogP contribution in [-0.4, -0.2) is 11.5 Å². The lowest BCUT2D eigenvalue weighted by Crippen LogP contribution is -2.37. The minimum Gasteiger partial charge on any atom is -0.286 e.